The summed E-state index contributed by atoms with van der Waals surface area (Å²) < 4.78 is 5.86. The van der Waals surface area contributed by atoms with Gasteiger partial charge in [0.15, 0.2) is 0 Å². The van der Waals surface area contributed by atoms with Gasteiger partial charge in [0, 0.05) is 29.4 Å². The van der Waals surface area contributed by atoms with E-state index in [1.165, 1.54) is 0 Å². The minimum Gasteiger partial charge on any atom is -0.457 e. The maximum Gasteiger partial charge on any atom is 0.224 e. The Morgan fingerprint density at radius 1 is 1.00 bits per heavy atom. The maximum atomic E-state index is 6.02. The number of para-hydroxylation sites is 1. The molecule has 0 fully saturated rings. The summed E-state index contributed by atoms with van der Waals surface area (Å²) in [5, 5.41) is 0.269. The van der Waals surface area contributed by atoms with E-state index in [1.807, 2.05) is 60.8 Å². The fraction of sp³-hybridized carbons (Fsp3) is 0.200. The van der Waals surface area contributed by atoms with Crippen molar-refractivity contribution in [1.29, 1.82) is 0 Å². The van der Waals surface area contributed by atoms with Crippen molar-refractivity contribution in [3.8, 4) is 11.5 Å². The first-order chi connectivity index (χ1) is 12.0. The van der Waals surface area contributed by atoms with Crippen LogP contribution in [-0.2, 0) is 5.41 Å². The molecule has 4 rings (SSSR count). The van der Waals surface area contributed by atoms with Gasteiger partial charge >= 0.3 is 0 Å². The number of fused-ring (bicyclic) bond motifs is 1. The Morgan fingerprint density at radius 2 is 1.68 bits per heavy atom. The van der Waals surface area contributed by atoms with Gasteiger partial charge in [-0.05, 0) is 48.0 Å². The number of hydrogen-bond acceptors (Lipinski definition) is 4. The van der Waals surface area contributed by atoms with Crippen LogP contribution >= 0.6 is 11.6 Å². The van der Waals surface area contributed by atoms with Crippen molar-refractivity contribution in [3.63, 3.8) is 0 Å². The summed E-state index contributed by atoms with van der Waals surface area (Å²) in [6.07, 6.45) is 1.83. The molecule has 0 bridgehead atoms. The molecule has 5 heteroatoms. The smallest absolute Gasteiger partial charge is 0.224 e. The zero-order chi connectivity index (χ0) is 17.4. The number of rotatable bonds is 3. The lowest BCUT2D eigenvalue weighted by Gasteiger charge is -2.22. The zero-order valence-corrected chi connectivity index (χ0v) is 14.9. The van der Waals surface area contributed by atoms with E-state index in [0.29, 0.717) is 0 Å². The normalized spacial score (nSPS) is 15.1. The van der Waals surface area contributed by atoms with E-state index in [0.717, 1.165) is 35.1 Å². The molecule has 3 aromatic rings. The summed E-state index contributed by atoms with van der Waals surface area (Å²) in [6, 6.07) is 17.8. The van der Waals surface area contributed by atoms with E-state index in [1.54, 1.807) is 0 Å². The van der Waals surface area contributed by atoms with E-state index in [9.17, 15) is 0 Å². The van der Waals surface area contributed by atoms with Crippen LogP contribution in [0.3, 0.4) is 0 Å². The van der Waals surface area contributed by atoms with Gasteiger partial charge in [-0.25, -0.2) is 4.98 Å². The van der Waals surface area contributed by atoms with E-state index in [4.69, 9.17) is 16.3 Å². The minimum absolute atomic E-state index is 0.0286. The van der Waals surface area contributed by atoms with Crippen molar-refractivity contribution in [2.24, 2.45) is 0 Å². The molecule has 1 aliphatic rings. The first-order valence-corrected chi connectivity index (χ1v) is 8.54. The van der Waals surface area contributed by atoms with Crippen LogP contribution in [0, 0.1) is 0 Å². The third-order valence-corrected chi connectivity index (χ3v) is 4.59. The van der Waals surface area contributed by atoms with E-state index in [-0.39, 0.29) is 10.7 Å². The van der Waals surface area contributed by atoms with Crippen LogP contribution in [0.4, 0.5) is 11.5 Å². The van der Waals surface area contributed by atoms with Gasteiger partial charge < -0.3 is 9.64 Å². The van der Waals surface area contributed by atoms with E-state index >= 15 is 0 Å². The Kier molecular flexibility index (Phi) is 3.85. The summed E-state index contributed by atoms with van der Waals surface area (Å²) in [5.41, 5.74) is 2.14. The van der Waals surface area contributed by atoms with Gasteiger partial charge in [0.2, 0.25) is 5.28 Å². The van der Waals surface area contributed by atoms with E-state index in [2.05, 4.69) is 28.7 Å². The molecule has 1 aromatic heterocycles. The minimum atomic E-state index is -0.0286. The highest BCUT2D eigenvalue weighted by atomic mass is 35.5. The van der Waals surface area contributed by atoms with Gasteiger partial charge in [0.1, 0.15) is 17.3 Å². The van der Waals surface area contributed by atoms with Crippen LogP contribution in [0.25, 0.3) is 0 Å². The summed E-state index contributed by atoms with van der Waals surface area (Å²) in [4.78, 5) is 10.8. The number of benzene rings is 2. The zero-order valence-electron chi connectivity index (χ0n) is 14.1. The van der Waals surface area contributed by atoms with Gasteiger partial charge in [0.25, 0.3) is 0 Å². The standard InChI is InChI=1S/C20H18ClN3O/c1-20(2)13-24(18-17(20)12-22-19(21)23-18)14-8-10-16(11-9-14)25-15-6-4-3-5-7-15/h3-12H,13H2,1-2H3. The third-order valence-electron chi connectivity index (χ3n) is 4.40. The predicted molar refractivity (Wildman–Crippen MR) is 100 cm³/mol. The fourth-order valence-corrected chi connectivity index (χ4v) is 3.25. The van der Waals surface area contributed by atoms with Crippen LogP contribution in [0.5, 0.6) is 11.5 Å². The Bertz CT molecular complexity index is 895. The van der Waals surface area contributed by atoms with Gasteiger partial charge in [0.05, 0.1) is 0 Å². The average Bonchev–Trinajstić information content (AvgIpc) is 2.87. The van der Waals surface area contributed by atoms with Crippen molar-refractivity contribution in [1.82, 2.24) is 9.97 Å². The van der Waals surface area contributed by atoms with Crippen molar-refractivity contribution in [2.75, 3.05) is 11.4 Å². The maximum absolute atomic E-state index is 6.02. The average molecular weight is 352 g/mol. The quantitative estimate of drug-likeness (QED) is 0.596. The topological polar surface area (TPSA) is 38.2 Å². The second-order valence-corrected chi connectivity index (χ2v) is 7.09. The summed E-state index contributed by atoms with van der Waals surface area (Å²) in [6.45, 7) is 5.21. The molecule has 2 heterocycles. The summed E-state index contributed by atoms with van der Waals surface area (Å²) >= 11 is 6.02. The third kappa shape index (κ3) is 3.05. The van der Waals surface area contributed by atoms with Crippen LogP contribution < -0.4 is 9.64 Å². The first kappa shape index (κ1) is 15.9. The molecule has 0 radical (unpaired) electrons. The highest BCUT2D eigenvalue weighted by Gasteiger charge is 2.37. The van der Waals surface area contributed by atoms with Gasteiger partial charge in [-0.3, -0.25) is 0 Å². The van der Waals surface area contributed by atoms with Crippen LogP contribution in [-0.4, -0.2) is 16.5 Å². The van der Waals surface area contributed by atoms with Crippen molar-refractivity contribution >= 4 is 23.1 Å². The van der Waals surface area contributed by atoms with E-state index < -0.39 is 0 Å². The number of hydrogen-bond donors (Lipinski definition) is 0. The predicted octanol–water partition coefficient (Wildman–Crippen LogP) is 5.35. The van der Waals surface area contributed by atoms with Crippen LogP contribution in [0.15, 0.2) is 60.8 Å². The molecular formula is C20H18ClN3O. The lowest BCUT2D eigenvalue weighted by molar-refractivity contribution is 0.482. The van der Waals surface area contributed by atoms with Crippen molar-refractivity contribution in [3.05, 3.63) is 71.6 Å². The van der Waals surface area contributed by atoms with Crippen molar-refractivity contribution in [2.45, 2.75) is 19.3 Å². The SMILES string of the molecule is CC1(C)CN(c2ccc(Oc3ccccc3)cc2)c2nc(Cl)ncc21. The molecule has 0 saturated heterocycles. The molecular weight excluding hydrogens is 334 g/mol. The molecule has 0 N–H and O–H groups in total. The van der Waals surface area contributed by atoms with Crippen LogP contribution in [0.2, 0.25) is 5.28 Å². The molecule has 0 amide bonds. The Labute approximate surface area is 152 Å². The molecule has 1 aliphatic heterocycles. The highest BCUT2D eigenvalue weighted by molar-refractivity contribution is 6.28. The molecule has 25 heavy (non-hydrogen) atoms. The molecule has 126 valence electrons. The number of aromatic nitrogens is 2. The Morgan fingerprint density at radius 3 is 2.40 bits per heavy atom. The number of halogens is 1. The molecule has 0 atom stereocenters. The molecule has 4 nitrogen and oxygen atoms in total. The van der Waals surface area contributed by atoms with Gasteiger partial charge in [-0.2, -0.15) is 4.98 Å². The van der Waals surface area contributed by atoms with Crippen molar-refractivity contribution < 1.29 is 4.74 Å². The Balaban J connectivity index is 1.62. The van der Waals surface area contributed by atoms with Gasteiger partial charge in [-0.15, -0.1) is 0 Å². The number of ether oxygens (including phenoxy) is 1. The molecule has 2 aromatic carbocycles. The fourth-order valence-electron chi connectivity index (χ4n) is 3.12. The highest BCUT2D eigenvalue weighted by Crippen LogP contribution is 2.43. The molecule has 0 aliphatic carbocycles. The number of anilines is 2. The Hall–Kier alpha value is -2.59. The van der Waals surface area contributed by atoms with Crippen LogP contribution in [0.1, 0.15) is 19.4 Å². The second-order valence-electron chi connectivity index (χ2n) is 6.76. The first-order valence-electron chi connectivity index (χ1n) is 8.16. The molecule has 0 saturated carbocycles. The largest absolute Gasteiger partial charge is 0.457 e. The number of nitrogens with zero attached hydrogens (tertiary/aromatic N) is 3. The summed E-state index contributed by atoms with van der Waals surface area (Å²) in [7, 11) is 0. The summed E-state index contributed by atoms with van der Waals surface area (Å²) in [5.74, 6) is 2.50. The molecule has 0 spiro atoms. The lowest BCUT2D eigenvalue weighted by atomic mass is 9.89. The monoisotopic (exact) mass is 351 g/mol. The molecule has 0 unspecified atom stereocenters. The van der Waals surface area contributed by atoms with Gasteiger partial charge in [-0.1, -0.05) is 32.0 Å². The second kappa shape index (κ2) is 6.05. The lowest BCUT2D eigenvalue weighted by Crippen LogP contribution is -2.25.